The molecule has 0 bridgehead atoms. The van der Waals surface area contributed by atoms with Crippen LogP contribution in [0.15, 0.2) is 16.9 Å². The van der Waals surface area contributed by atoms with Crippen LogP contribution in [-0.2, 0) is 11.2 Å². The second-order valence-electron chi connectivity index (χ2n) is 7.18. The zero-order chi connectivity index (χ0) is 23.6. The first kappa shape index (κ1) is 23.5. The molecule has 0 fully saturated rings. The smallest absolute Gasteiger partial charge is 0.224 e. The minimum atomic E-state index is -0.456. The van der Waals surface area contributed by atoms with E-state index in [2.05, 4.69) is 5.32 Å². The maximum atomic E-state index is 13.0. The van der Waals surface area contributed by atoms with Gasteiger partial charge in [-0.05, 0) is 41.7 Å². The molecule has 172 valence electrons. The molecule has 0 radical (unpaired) electrons. The number of hydrogen-bond donors (Lipinski definition) is 1. The summed E-state index contributed by atoms with van der Waals surface area (Å²) in [5.74, 6) is 1.13. The molecule has 3 rings (SSSR count). The Morgan fingerprint density at radius 3 is 2.09 bits per heavy atom. The van der Waals surface area contributed by atoms with E-state index in [0.717, 1.165) is 5.56 Å². The van der Waals surface area contributed by atoms with E-state index >= 15 is 0 Å². The molecular formula is C23H26ClNO7. The van der Waals surface area contributed by atoms with Crippen LogP contribution >= 0.6 is 11.6 Å². The van der Waals surface area contributed by atoms with Gasteiger partial charge in [-0.3, -0.25) is 9.59 Å². The molecule has 0 heterocycles. The topological polar surface area (TPSA) is 92.3 Å². The Balaban J connectivity index is 2.55. The molecule has 0 unspecified atom stereocenters. The van der Waals surface area contributed by atoms with Crippen LogP contribution in [0, 0.1) is 0 Å². The van der Waals surface area contributed by atoms with Crippen molar-refractivity contribution < 1.29 is 28.5 Å². The van der Waals surface area contributed by atoms with Crippen molar-refractivity contribution in [1.82, 2.24) is 5.32 Å². The van der Waals surface area contributed by atoms with Gasteiger partial charge in [-0.15, -0.1) is 0 Å². The third kappa shape index (κ3) is 3.90. The molecule has 1 amide bonds. The third-order valence-electron chi connectivity index (χ3n) is 5.47. The Morgan fingerprint density at radius 2 is 1.56 bits per heavy atom. The first-order valence-corrected chi connectivity index (χ1v) is 10.3. The average Bonchev–Trinajstić information content (AvgIpc) is 3.00. The number of carbonyl (C=O) groups excluding carboxylic acids is 1. The van der Waals surface area contributed by atoms with Crippen molar-refractivity contribution in [3.05, 3.63) is 38.5 Å². The van der Waals surface area contributed by atoms with Gasteiger partial charge in [0, 0.05) is 12.5 Å². The van der Waals surface area contributed by atoms with Gasteiger partial charge in [0.05, 0.1) is 46.6 Å². The number of benzene rings is 1. The van der Waals surface area contributed by atoms with Gasteiger partial charge >= 0.3 is 0 Å². The molecule has 2 aromatic rings. The van der Waals surface area contributed by atoms with Crippen LogP contribution in [0.25, 0.3) is 11.1 Å². The molecule has 0 aliphatic heterocycles. The van der Waals surface area contributed by atoms with Crippen LogP contribution in [0.2, 0.25) is 5.02 Å². The number of fused-ring (bicyclic) bond motifs is 3. The Bertz CT molecular complexity index is 1120. The molecular weight excluding hydrogens is 438 g/mol. The quantitative estimate of drug-likeness (QED) is 0.700. The first-order valence-electron chi connectivity index (χ1n) is 9.90. The fourth-order valence-electron chi connectivity index (χ4n) is 4.17. The summed E-state index contributed by atoms with van der Waals surface area (Å²) in [6, 6.07) is 2.69. The predicted octanol–water partition coefficient (Wildman–Crippen LogP) is 3.53. The standard InChI is InChI=1S/C23H26ClNO7/c1-11(26)25-15-8-7-12-18(21(30-4)23(32-6)22(31-5)19(12)24)14-10-17(28-2)20(29-3)16(27)9-13(14)15/h9-10,15H,7-8H2,1-6H3,(H,25,26)/t15-/m0/s1. The number of carbonyl (C=O) groups is 1. The van der Waals surface area contributed by atoms with Crippen LogP contribution in [0.3, 0.4) is 0 Å². The second kappa shape index (κ2) is 9.56. The van der Waals surface area contributed by atoms with Gasteiger partial charge in [0.15, 0.2) is 17.2 Å². The van der Waals surface area contributed by atoms with Gasteiger partial charge in [-0.2, -0.15) is 0 Å². The lowest BCUT2D eigenvalue weighted by atomic mass is 9.95. The van der Waals surface area contributed by atoms with Gasteiger partial charge in [0.1, 0.15) is 0 Å². The first-order chi connectivity index (χ1) is 15.3. The van der Waals surface area contributed by atoms with Gasteiger partial charge in [0.25, 0.3) is 0 Å². The van der Waals surface area contributed by atoms with E-state index in [-0.39, 0.29) is 22.8 Å². The number of nitrogens with one attached hydrogen (secondary N) is 1. The molecule has 0 spiro atoms. The highest BCUT2D eigenvalue weighted by Crippen LogP contribution is 2.54. The molecule has 1 aliphatic carbocycles. The second-order valence-corrected chi connectivity index (χ2v) is 7.56. The highest BCUT2D eigenvalue weighted by atomic mass is 35.5. The summed E-state index contributed by atoms with van der Waals surface area (Å²) >= 11 is 6.76. The predicted molar refractivity (Wildman–Crippen MR) is 121 cm³/mol. The van der Waals surface area contributed by atoms with Crippen LogP contribution in [0.4, 0.5) is 0 Å². The largest absolute Gasteiger partial charge is 0.493 e. The molecule has 2 aromatic carbocycles. The molecule has 1 N–H and O–H groups in total. The van der Waals surface area contributed by atoms with E-state index in [1.807, 2.05) is 0 Å². The molecule has 1 atom stereocenters. The van der Waals surface area contributed by atoms with Crippen molar-refractivity contribution >= 4 is 17.5 Å². The lowest BCUT2D eigenvalue weighted by Crippen LogP contribution is -2.26. The highest BCUT2D eigenvalue weighted by molar-refractivity contribution is 6.34. The number of amides is 1. The summed E-state index contributed by atoms with van der Waals surface area (Å²) in [5.41, 5.74) is 2.19. The van der Waals surface area contributed by atoms with Crippen molar-refractivity contribution in [2.75, 3.05) is 35.5 Å². The van der Waals surface area contributed by atoms with E-state index in [1.165, 1.54) is 48.5 Å². The highest BCUT2D eigenvalue weighted by Gasteiger charge is 2.33. The van der Waals surface area contributed by atoms with E-state index in [1.54, 1.807) is 6.07 Å². The molecule has 0 saturated carbocycles. The van der Waals surface area contributed by atoms with Crippen molar-refractivity contribution in [3.63, 3.8) is 0 Å². The minimum Gasteiger partial charge on any atom is -0.493 e. The van der Waals surface area contributed by atoms with Crippen LogP contribution < -0.4 is 34.4 Å². The van der Waals surface area contributed by atoms with E-state index in [4.69, 9.17) is 35.3 Å². The monoisotopic (exact) mass is 463 g/mol. The van der Waals surface area contributed by atoms with Gasteiger partial charge < -0.3 is 29.0 Å². The minimum absolute atomic E-state index is 0.0502. The maximum Gasteiger partial charge on any atom is 0.224 e. The number of ether oxygens (including phenoxy) is 5. The fourth-order valence-corrected chi connectivity index (χ4v) is 4.52. The summed E-state index contributed by atoms with van der Waals surface area (Å²) in [7, 11) is 7.35. The Hall–Kier alpha value is -3.13. The molecule has 9 heteroatoms. The summed E-state index contributed by atoms with van der Waals surface area (Å²) in [6.07, 6.45) is 0.980. The summed E-state index contributed by atoms with van der Waals surface area (Å²) in [5, 5.41) is 3.31. The molecule has 0 aromatic heterocycles. The van der Waals surface area contributed by atoms with E-state index in [0.29, 0.717) is 51.8 Å². The maximum absolute atomic E-state index is 13.0. The van der Waals surface area contributed by atoms with Gasteiger partial charge in [0.2, 0.25) is 22.8 Å². The average molecular weight is 464 g/mol. The van der Waals surface area contributed by atoms with Crippen molar-refractivity contribution in [2.24, 2.45) is 0 Å². The molecule has 8 nitrogen and oxygen atoms in total. The van der Waals surface area contributed by atoms with Crippen LogP contribution in [0.5, 0.6) is 28.7 Å². The fraction of sp³-hybridized carbons (Fsp3) is 0.391. The summed E-state index contributed by atoms with van der Waals surface area (Å²) < 4.78 is 27.6. The SMILES string of the molecule is COc1cc2c(cc(=O)c1OC)[C@@H](NC(C)=O)CCc1c(Cl)c(OC)c(OC)c(OC)c1-2. The summed E-state index contributed by atoms with van der Waals surface area (Å²) in [6.45, 7) is 1.43. The van der Waals surface area contributed by atoms with E-state index < -0.39 is 6.04 Å². The Kier molecular flexibility index (Phi) is 7.03. The lowest BCUT2D eigenvalue weighted by molar-refractivity contribution is -0.119. The Labute approximate surface area is 191 Å². The van der Waals surface area contributed by atoms with Crippen molar-refractivity contribution in [2.45, 2.75) is 25.8 Å². The number of halogens is 1. The Morgan fingerprint density at radius 1 is 0.938 bits per heavy atom. The van der Waals surface area contributed by atoms with Gasteiger partial charge in [-0.1, -0.05) is 11.6 Å². The number of methoxy groups -OCH3 is 5. The molecule has 1 aliphatic rings. The molecule has 32 heavy (non-hydrogen) atoms. The van der Waals surface area contributed by atoms with E-state index in [9.17, 15) is 9.59 Å². The summed E-state index contributed by atoms with van der Waals surface area (Å²) in [4.78, 5) is 25.0. The number of rotatable bonds is 6. The third-order valence-corrected chi connectivity index (χ3v) is 5.87. The zero-order valence-electron chi connectivity index (χ0n) is 18.9. The van der Waals surface area contributed by atoms with Gasteiger partial charge in [-0.25, -0.2) is 0 Å². The number of hydrogen-bond acceptors (Lipinski definition) is 7. The van der Waals surface area contributed by atoms with Crippen LogP contribution in [0.1, 0.15) is 30.5 Å². The molecule has 0 saturated heterocycles. The lowest BCUT2D eigenvalue weighted by Gasteiger charge is -2.21. The van der Waals surface area contributed by atoms with Crippen molar-refractivity contribution in [3.8, 4) is 39.9 Å². The van der Waals surface area contributed by atoms with Crippen molar-refractivity contribution in [1.29, 1.82) is 0 Å². The zero-order valence-corrected chi connectivity index (χ0v) is 19.6. The van der Waals surface area contributed by atoms with Crippen LogP contribution in [-0.4, -0.2) is 41.5 Å². The normalized spacial score (nSPS) is 14.4.